The molecule has 4 rings (SSSR count). The molecule has 3 aromatic carbocycles. The van der Waals surface area contributed by atoms with E-state index in [9.17, 15) is 9.59 Å². The van der Waals surface area contributed by atoms with E-state index < -0.39 is 0 Å². The number of ether oxygens (including phenoxy) is 2. The highest BCUT2D eigenvalue weighted by molar-refractivity contribution is 5.95. The van der Waals surface area contributed by atoms with Crippen molar-refractivity contribution in [3.05, 3.63) is 90.0 Å². The lowest BCUT2D eigenvalue weighted by molar-refractivity contribution is -0.114. The van der Waals surface area contributed by atoms with Gasteiger partial charge in [0.1, 0.15) is 12.4 Å². The second-order valence-electron chi connectivity index (χ2n) is 8.12. The topological polar surface area (TPSA) is 88.7 Å². The third-order valence-corrected chi connectivity index (χ3v) is 5.49. The zero-order valence-corrected chi connectivity index (χ0v) is 19.0. The molecule has 1 fully saturated rings. The maximum Gasteiger partial charge on any atom is 0.251 e. The molecule has 0 radical (unpaired) electrons. The molecule has 3 aromatic rings. The first-order valence-corrected chi connectivity index (χ1v) is 11.5. The van der Waals surface area contributed by atoms with Crippen LogP contribution in [0.4, 0.5) is 11.4 Å². The van der Waals surface area contributed by atoms with Crippen LogP contribution in [-0.2, 0) is 16.1 Å². The summed E-state index contributed by atoms with van der Waals surface area (Å²) in [7, 11) is 0. The number of amides is 2. The monoisotopic (exact) mass is 459 g/mol. The first-order valence-electron chi connectivity index (χ1n) is 11.5. The van der Waals surface area contributed by atoms with Crippen LogP contribution >= 0.6 is 0 Å². The van der Waals surface area contributed by atoms with Crippen molar-refractivity contribution in [1.82, 2.24) is 5.32 Å². The molecule has 7 nitrogen and oxygen atoms in total. The summed E-state index contributed by atoms with van der Waals surface area (Å²) in [5.74, 6) is 0.438. The van der Waals surface area contributed by atoms with E-state index in [1.54, 1.807) is 24.3 Å². The van der Waals surface area contributed by atoms with Crippen LogP contribution < -0.4 is 20.7 Å². The molecule has 1 saturated heterocycles. The molecule has 1 aliphatic heterocycles. The Hall–Kier alpha value is -3.84. The molecular formula is C27H29N3O4. The highest BCUT2D eigenvalue weighted by Crippen LogP contribution is 2.18. The van der Waals surface area contributed by atoms with Gasteiger partial charge in [0, 0.05) is 30.1 Å². The molecular weight excluding hydrogens is 430 g/mol. The first-order chi connectivity index (χ1) is 16.7. The minimum Gasteiger partial charge on any atom is -0.491 e. The van der Waals surface area contributed by atoms with Gasteiger partial charge in [0.05, 0.1) is 12.6 Å². The van der Waals surface area contributed by atoms with Crippen LogP contribution in [0.3, 0.4) is 0 Å². The van der Waals surface area contributed by atoms with Gasteiger partial charge in [-0.05, 0) is 66.9 Å². The molecule has 1 atom stereocenters. The number of carbonyl (C=O) groups excluding carboxylic acids is 2. The highest BCUT2D eigenvalue weighted by atomic mass is 16.5. The number of hydrogen-bond donors (Lipinski definition) is 3. The van der Waals surface area contributed by atoms with Crippen molar-refractivity contribution >= 4 is 23.2 Å². The predicted molar refractivity (Wildman–Crippen MR) is 132 cm³/mol. The quantitative estimate of drug-likeness (QED) is 0.422. The summed E-state index contributed by atoms with van der Waals surface area (Å²) in [6.07, 6.45) is 2.29. The summed E-state index contributed by atoms with van der Waals surface area (Å²) in [6.45, 7) is 1.93. The van der Waals surface area contributed by atoms with Gasteiger partial charge in [0.15, 0.2) is 0 Å². The van der Waals surface area contributed by atoms with Gasteiger partial charge in [-0.1, -0.05) is 30.3 Å². The number of benzene rings is 3. The minimum atomic E-state index is -0.169. The van der Waals surface area contributed by atoms with E-state index in [0.29, 0.717) is 24.4 Å². The Kier molecular flexibility index (Phi) is 8.13. The Balaban J connectivity index is 1.18. The SMILES string of the molecule is O=C(CNc1ccc(C(=O)NCc2ccccc2)cc1)Nc1ccc(OCC2CCCO2)cc1. The highest BCUT2D eigenvalue weighted by Gasteiger charge is 2.16. The van der Waals surface area contributed by atoms with Gasteiger partial charge in [-0.3, -0.25) is 9.59 Å². The van der Waals surface area contributed by atoms with Gasteiger partial charge in [-0.2, -0.15) is 0 Å². The summed E-state index contributed by atoms with van der Waals surface area (Å²) in [5, 5.41) is 8.82. The van der Waals surface area contributed by atoms with Crippen molar-refractivity contribution in [1.29, 1.82) is 0 Å². The Bertz CT molecular complexity index is 1060. The zero-order valence-electron chi connectivity index (χ0n) is 19.0. The summed E-state index contributed by atoms with van der Waals surface area (Å²) >= 11 is 0. The second-order valence-corrected chi connectivity index (χ2v) is 8.12. The normalized spacial score (nSPS) is 14.9. The molecule has 7 heteroatoms. The Morgan fingerprint density at radius 1 is 0.912 bits per heavy atom. The largest absolute Gasteiger partial charge is 0.491 e. The third-order valence-electron chi connectivity index (χ3n) is 5.49. The molecule has 176 valence electrons. The first kappa shape index (κ1) is 23.3. The van der Waals surface area contributed by atoms with Crippen molar-refractivity contribution < 1.29 is 19.1 Å². The summed E-state index contributed by atoms with van der Waals surface area (Å²) in [4.78, 5) is 24.6. The molecule has 2 amide bonds. The second kappa shape index (κ2) is 11.9. The summed E-state index contributed by atoms with van der Waals surface area (Å²) in [6, 6.07) is 24.1. The van der Waals surface area contributed by atoms with Crippen LogP contribution in [0.1, 0.15) is 28.8 Å². The molecule has 0 aromatic heterocycles. The van der Waals surface area contributed by atoms with Gasteiger partial charge >= 0.3 is 0 Å². The molecule has 0 aliphatic carbocycles. The van der Waals surface area contributed by atoms with Crippen LogP contribution in [-0.4, -0.2) is 37.7 Å². The van der Waals surface area contributed by atoms with Crippen molar-refractivity contribution in [3.63, 3.8) is 0 Å². The van der Waals surface area contributed by atoms with E-state index in [0.717, 1.165) is 36.4 Å². The molecule has 0 saturated carbocycles. The van der Waals surface area contributed by atoms with Crippen molar-refractivity contribution in [2.24, 2.45) is 0 Å². The van der Waals surface area contributed by atoms with Gasteiger partial charge in [-0.25, -0.2) is 0 Å². The van der Waals surface area contributed by atoms with Crippen LogP contribution in [0.15, 0.2) is 78.9 Å². The maximum atomic E-state index is 12.3. The van der Waals surface area contributed by atoms with E-state index >= 15 is 0 Å². The average Bonchev–Trinajstić information content (AvgIpc) is 3.40. The zero-order chi connectivity index (χ0) is 23.6. The van der Waals surface area contributed by atoms with Crippen LogP contribution in [0.5, 0.6) is 5.75 Å². The lowest BCUT2D eigenvalue weighted by Crippen LogP contribution is -2.23. The number of rotatable bonds is 10. The molecule has 1 aliphatic rings. The molecule has 34 heavy (non-hydrogen) atoms. The summed E-state index contributed by atoms with van der Waals surface area (Å²) < 4.78 is 11.3. The molecule has 0 bridgehead atoms. The smallest absolute Gasteiger partial charge is 0.251 e. The standard InChI is InChI=1S/C27H29N3O4/c31-26(30-23-12-14-24(15-13-23)34-19-25-7-4-16-33-25)18-28-22-10-8-21(9-11-22)27(32)29-17-20-5-2-1-3-6-20/h1-3,5-6,8-15,25,28H,4,7,16-19H2,(H,29,32)(H,30,31). The lowest BCUT2D eigenvalue weighted by atomic mass is 10.1. The Morgan fingerprint density at radius 2 is 1.65 bits per heavy atom. The third kappa shape index (κ3) is 7.08. The number of anilines is 2. The fourth-order valence-electron chi connectivity index (χ4n) is 3.61. The van der Waals surface area contributed by atoms with Crippen LogP contribution in [0.25, 0.3) is 0 Å². The van der Waals surface area contributed by atoms with Crippen molar-refractivity contribution in [2.75, 3.05) is 30.4 Å². The van der Waals surface area contributed by atoms with Crippen LogP contribution in [0.2, 0.25) is 0 Å². The van der Waals surface area contributed by atoms with E-state index in [2.05, 4.69) is 16.0 Å². The van der Waals surface area contributed by atoms with Crippen molar-refractivity contribution in [3.8, 4) is 5.75 Å². The van der Waals surface area contributed by atoms with E-state index in [1.165, 1.54) is 0 Å². The summed E-state index contributed by atoms with van der Waals surface area (Å²) in [5.41, 5.74) is 3.06. The van der Waals surface area contributed by atoms with Gasteiger partial charge in [-0.15, -0.1) is 0 Å². The van der Waals surface area contributed by atoms with E-state index in [-0.39, 0.29) is 24.5 Å². The molecule has 3 N–H and O–H groups in total. The molecule has 1 unspecified atom stereocenters. The lowest BCUT2D eigenvalue weighted by Gasteiger charge is -2.12. The Labute approximate surface area is 199 Å². The fourth-order valence-corrected chi connectivity index (χ4v) is 3.61. The predicted octanol–water partition coefficient (Wildman–Crippen LogP) is 4.23. The number of nitrogens with one attached hydrogen (secondary N) is 3. The van der Waals surface area contributed by atoms with Crippen molar-refractivity contribution in [2.45, 2.75) is 25.5 Å². The fraction of sp³-hybridized carbons (Fsp3) is 0.259. The number of hydrogen-bond acceptors (Lipinski definition) is 5. The minimum absolute atomic E-state index is 0.108. The van der Waals surface area contributed by atoms with Gasteiger partial charge in [0.25, 0.3) is 5.91 Å². The molecule has 1 heterocycles. The van der Waals surface area contributed by atoms with Gasteiger partial charge in [0.2, 0.25) is 5.91 Å². The van der Waals surface area contributed by atoms with E-state index in [4.69, 9.17) is 9.47 Å². The Morgan fingerprint density at radius 3 is 2.35 bits per heavy atom. The average molecular weight is 460 g/mol. The van der Waals surface area contributed by atoms with Gasteiger partial charge < -0.3 is 25.4 Å². The van der Waals surface area contributed by atoms with E-state index in [1.807, 2.05) is 54.6 Å². The van der Waals surface area contributed by atoms with Crippen LogP contribution in [0, 0.1) is 0 Å². The maximum absolute atomic E-state index is 12.3. The number of carbonyl (C=O) groups is 2. The molecule has 0 spiro atoms.